The largest absolute Gasteiger partial charge is 0.477 e. The van der Waals surface area contributed by atoms with E-state index in [1.807, 2.05) is 21.1 Å². The first-order valence-corrected chi connectivity index (χ1v) is 35.0. The molecule has 0 aliphatic carbocycles. The molecule has 0 rings (SSSR count). The molecular formula is C78H130NO8+. The van der Waals surface area contributed by atoms with Crippen LogP contribution in [0, 0.1) is 0 Å². The highest BCUT2D eigenvalue weighted by Crippen LogP contribution is 2.17. The van der Waals surface area contributed by atoms with E-state index in [0.29, 0.717) is 23.9 Å². The van der Waals surface area contributed by atoms with Gasteiger partial charge in [0.1, 0.15) is 13.2 Å². The van der Waals surface area contributed by atoms with Crippen LogP contribution < -0.4 is 0 Å². The van der Waals surface area contributed by atoms with Crippen LogP contribution in [0.25, 0.3) is 0 Å². The van der Waals surface area contributed by atoms with E-state index in [-0.39, 0.29) is 32.2 Å². The van der Waals surface area contributed by atoms with Gasteiger partial charge in [0.25, 0.3) is 6.29 Å². The van der Waals surface area contributed by atoms with E-state index in [1.165, 1.54) is 116 Å². The molecule has 0 radical (unpaired) electrons. The molecule has 9 nitrogen and oxygen atoms in total. The lowest BCUT2D eigenvalue weighted by Crippen LogP contribution is -2.40. The van der Waals surface area contributed by atoms with Gasteiger partial charge in [-0.15, -0.1) is 0 Å². The molecule has 0 aromatic heterocycles. The average molecular weight is 1210 g/mol. The minimum atomic E-state index is -1.53. The Bertz CT molecular complexity index is 1940. The zero-order valence-corrected chi connectivity index (χ0v) is 56.4. The number of rotatable bonds is 63. The Labute approximate surface area is 534 Å². The molecule has 0 aliphatic heterocycles. The van der Waals surface area contributed by atoms with E-state index in [4.69, 9.17) is 18.9 Å². The van der Waals surface area contributed by atoms with E-state index < -0.39 is 24.3 Å². The molecule has 0 aromatic rings. The maximum Gasteiger partial charge on any atom is 0.361 e. The monoisotopic (exact) mass is 1210 g/mol. The van der Waals surface area contributed by atoms with Gasteiger partial charge in [-0.2, -0.15) is 0 Å². The number of likely N-dealkylation sites (N-methyl/N-ethyl adjacent to an activating group) is 1. The summed E-state index contributed by atoms with van der Waals surface area (Å²) in [5, 5.41) is 9.75. The number of carboxylic acid groups (broad SMARTS) is 1. The molecule has 2 atom stereocenters. The summed E-state index contributed by atoms with van der Waals surface area (Å²) in [5.41, 5.74) is 0. The van der Waals surface area contributed by atoms with E-state index >= 15 is 0 Å². The summed E-state index contributed by atoms with van der Waals surface area (Å²) in [6.07, 6.45) is 95.3. The molecule has 0 saturated carbocycles. The van der Waals surface area contributed by atoms with Gasteiger partial charge >= 0.3 is 17.9 Å². The number of hydrogen-bond donors (Lipinski definition) is 1. The molecule has 9 heteroatoms. The molecule has 0 amide bonds. The van der Waals surface area contributed by atoms with Crippen LogP contribution in [0.2, 0.25) is 0 Å². The number of ether oxygens (including phenoxy) is 4. The summed E-state index contributed by atoms with van der Waals surface area (Å²) in [4.78, 5) is 37.6. The van der Waals surface area contributed by atoms with Gasteiger partial charge in [-0.3, -0.25) is 9.59 Å². The predicted octanol–water partition coefficient (Wildman–Crippen LogP) is 21.9. The Morgan fingerprint density at radius 3 is 0.920 bits per heavy atom. The van der Waals surface area contributed by atoms with Crippen molar-refractivity contribution >= 4 is 17.9 Å². The lowest BCUT2D eigenvalue weighted by atomic mass is 10.0. The molecule has 0 bridgehead atoms. The Kier molecular flexibility index (Phi) is 63.4. The fourth-order valence-corrected chi connectivity index (χ4v) is 9.32. The third kappa shape index (κ3) is 68.5. The van der Waals surface area contributed by atoms with Crippen molar-refractivity contribution in [3.05, 3.63) is 146 Å². The van der Waals surface area contributed by atoms with Crippen LogP contribution in [0.3, 0.4) is 0 Å². The van der Waals surface area contributed by atoms with E-state index in [9.17, 15) is 19.5 Å². The number of carboxylic acids is 1. The maximum atomic E-state index is 12.9. The number of aliphatic carboxylic acids is 1. The van der Waals surface area contributed by atoms with Crippen LogP contribution in [0.4, 0.5) is 0 Å². The Morgan fingerprint density at radius 2 is 0.621 bits per heavy atom. The molecule has 87 heavy (non-hydrogen) atoms. The van der Waals surface area contributed by atoms with Crippen LogP contribution >= 0.6 is 0 Å². The van der Waals surface area contributed by atoms with Gasteiger partial charge in [0.2, 0.25) is 0 Å². The quantitative estimate of drug-likeness (QED) is 0.0211. The highest BCUT2D eigenvalue weighted by atomic mass is 16.7. The van der Waals surface area contributed by atoms with E-state index in [2.05, 4.69) is 160 Å². The Hall–Kier alpha value is -4.83. The summed E-state index contributed by atoms with van der Waals surface area (Å²) in [6.45, 7) is 4.62. The first-order valence-electron chi connectivity index (χ1n) is 35.0. The normalized spacial score (nSPS) is 13.6. The molecule has 0 saturated heterocycles. The second-order valence-corrected chi connectivity index (χ2v) is 24.1. The minimum absolute atomic E-state index is 0.176. The minimum Gasteiger partial charge on any atom is -0.477 e. The molecule has 0 fully saturated rings. The van der Waals surface area contributed by atoms with Crippen molar-refractivity contribution in [2.75, 3.05) is 47.5 Å². The van der Waals surface area contributed by atoms with Crippen molar-refractivity contribution in [3.8, 4) is 0 Å². The van der Waals surface area contributed by atoms with Crippen LogP contribution in [0.1, 0.15) is 271 Å². The van der Waals surface area contributed by atoms with Crippen LogP contribution in [0.5, 0.6) is 0 Å². The predicted molar refractivity (Wildman–Crippen MR) is 373 cm³/mol. The van der Waals surface area contributed by atoms with Crippen molar-refractivity contribution in [2.24, 2.45) is 0 Å². The highest BCUT2D eigenvalue weighted by Gasteiger charge is 2.25. The Morgan fingerprint density at radius 1 is 0.345 bits per heavy atom. The number of esters is 2. The van der Waals surface area contributed by atoms with E-state index in [0.717, 1.165) is 122 Å². The smallest absolute Gasteiger partial charge is 0.361 e. The molecule has 494 valence electrons. The lowest BCUT2D eigenvalue weighted by Gasteiger charge is -2.25. The van der Waals surface area contributed by atoms with Crippen LogP contribution in [0.15, 0.2) is 146 Å². The molecule has 0 spiro atoms. The van der Waals surface area contributed by atoms with Crippen molar-refractivity contribution in [2.45, 2.75) is 283 Å². The topological polar surface area (TPSA) is 108 Å². The van der Waals surface area contributed by atoms with Crippen LogP contribution in [-0.2, 0) is 33.3 Å². The van der Waals surface area contributed by atoms with Gasteiger partial charge in [0, 0.05) is 12.8 Å². The molecule has 2 unspecified atom stereocenters. The fraction of sp³-hybridized carbons (Fsp3) is 0.654. The number of unbranched alkanes of at least 4 members (excludes halogenated alkanes) is 24. The summed E-state index contributed by atoms with van der Waals surface area (Å²) >= 11 is 0. The average Bonchev–Trinajstić information content (AvgIpc) is 3.57. The second-order valence-electron chi connectivity index (χ2n) is 24.1. The lowest BCUT2D eigenvalue weighted by molar-refractivity contribution is -0.870. The standard InChI is InChI=1S/C78H129NO8/c1-6-8-10-12-14-16-18-20-22-24-26-28-30-32-34-36-37-38-39-41-42-44-46-48-50-52-54-56-58-60-62-64-66-68-75(80)85-72-74(73-86-78(77(82)83)84-71-70-79(3,4)5)87-76(81)69-67-65-63-61-59-57-55-53-51-49-47-45-43-40-35-33-31-29-27-25-23-21-19-17-15-13-11-9-7-2/h8-11,14-17,20-23,26-29,33,35,43,45,49,51,55,57,74,78H,6-7,12-13,18-19,24-25,30-32,34,36-42,44,46-48,50,52-54,56,58-73H2,1-5H3/p+1/b10-8-,11-9-,16-14-,17-15-,22-20-,23-21-,28-26-,29-27-,35-33-,45-43-,51-49-,57-55-. The SMILES string of the molecule is CC/C=C\C/C=C\C/C=C\C/C=C\C/C=C\C/C=C\C/C=C\C/C=C\CCCCCCC(=O)OC(COC(=O)CCCCCCCCCCCCCCCCCCCCCC/C=C\C/C=C\C/C=C\C/C=C\CC)COC(OCC[N+](C)(C)C)C(=O)O. The number of hydrogen-bond acceptors (Lipinski definition) is 7. The van der Waals surface area contributed by atoms with Crippen molar-refractivity contribution in [3.63, 3.8) is 0 Å². The summed E-state index contributed by atoms with van der Waals surface area (Å²) in [5.74, 6) is -2.04. The maximum absolute atomic E-state index is 12.9. The first-order chi connectivity index (χ1) is 42.6. The van der Waals surface area contributed by atoms with Crippen molar-refractivity contribution in [1.82, 2.24) is 0 Å². The molecular weight excluding hydrogens is 1080 g/mol. The van der Waals surface area contributed by atoms with Gasteiger partial charge in [0.15, 0.2) is 6.10 Å². The van der Waals surface area contributed by atoms with Crippen molar-refractivity contribution in [1.29, 1.82) is 0 Å². The summed E-state index contributed by atoms with van der Waals surface area (Å²) < 4.78 is 22.9. The first kappa shape index (κ1) is 82.2. The number of nitrogens with zero attached hydrogens (tertiary/aromatic N) is 1. The summed E-state index contributed by atoms with van der Waals surface area (Å²) in [6, 6.07) is 0. The highest BCUT2D eigenvalue weighted by molar-refractivity contribution is 5.71. The van der Waals surface area contributed by atoms with Gasteiger partial charge in [-0.1, -0.05) is 288 Å². The van der Waals surface area contributed by atoms with Gasteiger partial charge in [0.05, 0.1) is 34.4 Å². The zero-order chi connectivity index (χ0) is 63.3. The van der Waals surface area contributed by atoms with Crippen molar-refractivity contribution < 1.29 is 42.9 Å². The zero-order valence-electron chi connectivity index (χ0n) is 56.4. The number of allylic oxidation sites excluding steroid dienone is 24. The van der Waals surface area contributed by atoms with Gasteiger partial charge < -0.3 is 28.5 Å². The van der Waals surface area contributed by atoms with Crippen LogP contribution in [-0.4, -0.2) is 87.4 Å². The second kappa shape index (κ2) is 67.1. The Balaban J connectivity index is 4.18. The van der Waals surface area contributed by atoms with Gasteiger partial charge in [-0.25, -0.2) is 4.79 Å². The number of quaternary nitrogens is 1. The number of carbonyl (C=O) groups excluding carboxylic acids is 2. The summed E-state index contributed by atoms with van der Waals surface area (Å²) in [7, 11) is 5.96. The fourth-order valence-electron chi connectivity index (χ4n) is 9.32. The molecule has 0 aliphatic rings. The van der Waals surface area contributed by atoms with E-state index in [1.54, 1.807) is 0 Å². The molecule has 0 aromatic carbocycles. The number of carbonyl (C=O) groups is 3. The molecule has 0 heterocycles. The van der Waals surface area contributed by atoms with Gasteiger partial charge in [-0.05, 0) is 116 Å². The third-order valence-corrected chi connectivity index (χ3v) is 14.6. The molecule has 1 N–H and O–H groups in total. The third-order valence-electron chi connectivity index (χ3n) is 14.6.